The SMILES string of the molecule is CC(C)CCNc1cnnc(N(C)C2CCS(=O)(=O)C2)n1. The van der Waals surface area contributed by atoms with Crippen molar-refractivity contribution in [1.29, 1.82) is 0 Å². The van der Waals surface area contributed by atoms with Crippen LogP contribution in [0.3, 0.4) is 0 Å². The number of nitrogens with one attached hydrogen (secondary N) is 1. The molecule has 1 N–H and O–H groups in total. The molecule has 8 heteroatoms. The molecule has 1 aromatic heterocycles. The van der Waals surface area contributed by atoms with Crippen LogP contribution in [-0.2, 0) is 9.84 Å². The molecule has 1 unspecified atom stereocenters. The van der Waals surface area contributed by atoms with Crippen molar-refractivity contribution in [2.24, 2.45) is 5.92 Å². The summed E-state index contributed by atoms with van der Waals surface area (Å²) in [5.74, 6) is 2.16. The number of anilines is 2. The van der Waals surface area contributed by atoms with Crippen molar-refractivity contribution in [3.8, 4) is 0 Å². The fraction of sp³-hybridized carbons (Fsp3) is 0.769. The molecule has 1 aliphatic heterocycles. The van der Waals surface area contributed by atoms with Gasteiger partial charge in [-0.25, -0.2) is 8.42 Å². The van der Waals surface area contributed by atoms with Crippen LogP contribution < -0.4 is 10.2 Å². The van der Waals surface area contributed by atoms with Crippen molar-refractivity contribution in [2.45, 2.75) is 32.7 Å². The van der Waals surface area contributed by atoms with E-state index >= 15 is 0 Å². The average molecular weight is 313 g/mol. The van der Waals surface area contributed by atoms with Crippen molar-refractivity contribution >= 4 is 21.6 Å². The predicted molar refractivity (Wildman–Crippen MR) is 83.2 cm³/mol. The van der Waals surface area contributed by atoms with Gasteiger partial charge in [0.2, 0.25) is 5.95 Å². The lowest BCUT2D eigenvalue weighted by Crippen LogP contribution is -2.34. The molecule has 1 fully saturated rings. The summed E-state index contributed by atoms with van der Waals surface area (Å²) in [7, 11) is -1.10. The summed E-state index contributed by atoms with van der Waals surface area (Å²) in [5, 5.41) is 11.2. The molecular formula is C13H23N5O2S. The first-order valence-electron chi connectivity index (χ1n) is 7.24. The van der Waals surface area contributed by atoms with Crippen LogP contribution in [0.2, 0.25) is 0 Å². The first kappa shape index (κ1) is 15.9. The second kappa shape index (κ2) is 6.55. The predicted octanol–water partition coefficient (Wildman–Crippen LogP) is 0.953. The highest BCUT2D eigenvalue weighted by molar-refractivity contribution is 7.91. The zero-order valence-electron chi connectivity index (χ0n) is 12.8. The molecule has 1 saturated heterocycles. The van der Waals surface area contributed by atoms with E-state index in [0.717, 1.165) is 13.0 Å². The Labute approximate surface area is 126 Å². The molecule has 1 aromatic rings. The molecule has 1 atom stereocenters. The maximum Gasteiger partial charge on any atom is 0.247 e. The van der Waals surface area contributed by atoms with Gasteiger partial charge in [0.1, 0.15) is 0 Å². The number of rotatable bonds is 6. The van der Waals surface area contributed by atoms with Gasteiger partial charge >= 0.3 is 0 Å². The summed E-state index contributed by atoms with van der Waals surface area (Å²) >= 11 is 0. The van der Waals surface area contributed by atoms with Crippen LogP contribution in [0.1, 0.15) is 26.7 Å². The molecule has 0 saturated carbocycles. The molecule has 0 radical (unpaired) electrons. The Hall–Kier alpha value is -1.44. The molecule has 7 nitrogen and oxygen atoms in total. The van der Waals surface area contributed by atoms with E-state index in [4.69, 9.17) is 0 Å². The lowest BCUT2D eigenvalue weighted by molar-refractivity contribution is 0.600. The van der Waals surface area contributed by atoms with Crippen LogP contribution in [0.5, 0.6) is 0 Å². The fourth-order valence-electron chi connectivity index (χ4n) is 2.26. The molecule has 0 bridgehead atoms. The van der Waals surface area contributed by atoms with E-state index in [1.54, 1.807) is 6.20 Å². The van der Waals surface area contributed by atoms with Crippen molar-refractivity contribution in [2.75, 3.05) is 35.3 Å². The van der Waals surface area contributed by atoms with Gasteiger partial charge in [0, 0.05) is 19.6 Å². The average Bonchev–Trinajstić information content (AvgIpc) is 2.78. The quantitative estimate of drug-likeness (QED) is 0.836. The monoisotopic (exact) mass is 313 g/mol. The number of sulfone groups is 1. The largest absolute Gasteiger partial charge is 0.369 e. The van der Waals surface area contributed by atoms with Crippen LogP contribution in [0, 0.1) is 5.92 Å². The van der Waals surface area contributed by atoms with Crippen LogP contribution >= 0.6 is 0 Å². The van der Waals surface area contributed by atoms with E-state index in [1.807, 2.05) is 11.9 Å². The second-order valence-corrected chi connectivity index (χ2v) is 8.15. The van der Waals surface area contributed by atoms with E-state index in [0.29, 0.717) is 24.1 Å². The zero-order valence-corrected chi connectivity index (χ0v) is 13.6. The van der Waals surface area contributed by atoms with Crippen LogP contribution in [0.15, 0.2) is 6.20 Å². The number of hydrogen-bond donors (Lipinski definition) is 1. The standard InChI is InChI=1S/C13H23N5O2S/c1-10(2)4-6-14-12-8-15-17-13(16-12)18(3)11-5-7-21(19,20)9-11/h8,10-11H,4-7,9H2,1-3H3,(H,14,16,17). The Kier molecular flexibility index (Phi) is 4.97. The lowest BCUT2D eigenvalue weighted by atomic mass is 10.1. The maximum atomic E-state index is 11.6. The minimum absolute atomic E-state index is 0.0669. The third-order valence-corrected chi connectivity index (χ3v) is 5.40. The Morgan fingerprint density at radius 1 is 1.48 bits per heavy atom. The third kappa shape index (κ3) is 4.52. The Balaban J connectivity index is 2.00. The summed E-state index contributed by atoms with van der Waals surface area (Å²) in [6.45, 7) is 5.16. The van der Waals surface area contributed by atoms with E-state index in [9.17, 15) is 8.42 Å². The third-order valence-electron chi connectivity index (χ3n) is 3.65. The Morgan fingerprint density at radius 3 is 2.86 bits per heavy atom. The van der Waals surface area contributed by atoms with Gasteiger partial charge in [-0.15, -0.1) is 5.10 Å². The van der Waals surface area contributed by atoms with Gasteiger partial charge in [0.25, 0.3) is 0 Å². The van der Waals surface area contributed by atoms with E-state index < -0.39 is 9.84 Å². The first-order chi connectivity index (χ1) is 9.87. The summed E-state index contributed by atoms with van der Waals surface area (Å²) in [4.78, 5) is 6.22. The van der Waals surface area contributed by atoms with E-state index in [2.05, 4.69) is 34.3 Å². The topological polar surface area (TPSA) is 88.1 Å². The highest BCUT2D eigenvalue weighted by Gasteiger charge is 2.31. The highest BCUT2D eigenvalue weighted by atomic mass is 32.2. The molecule has 1 aliphatic rings. The van der Waals surface area contributed by atoms with Gasteiger partial charge in [-0.1, -0.05) is 13.8 Å². The molecule has 0 aliphatic carbocycles. The lowest BCUT2D eigenvalue weighted by Gasteiger charge is -2.22. The highest BCUT2D eigenvalue weighted by Crippen LogP contribution is 2.20. The number of nitrogens with zero attached hydrogens (tertiary/aromatic N) is 4. The van der Waals surface area contributed by atoms with Crippen LogP contribution in [0.4, 0.5) is 11.8 Å². The summed E-state index contributed by atoms with van der Waals surface area (Å²) < 4.78 is 23.1. The van der Waals surface area contributed by atoms with Gasteiger partial charge in [0.15, 0.2) is 15.7 Å². The Morgan fingerprint density at radius 2 is 2.24 bits per heavy atom. The number of aromatic nitrogens is 3. The van der Waals surface area contributed by atoms with Crippen molar-refractivity contribution < 1.29 is 8.42 Å². The van der Waals surface area contributed by atoms with Crippen LogP contribution in [0.25, 0.3) is 0 Å². The zero-order chi connectivity index (χ0) is 15.5. The van der Waals surface area contributed by atoms with Crippen molar-refractivity contribution in [3.05, 3.63) is 6.20 Å². The van der Waals surface area contributed by atoms with Gasteiger partial charge in [-0.3, -0.25) is 0 Å². The van der Waals surface area contributed by atoms with Crippen LogP contribution in [-0.4, -0.2) is 54.7 Å². The Bertz CT molecular complexity index is 576. The summed E-state index contributed by atoms with van der Waals surface area (Å²) in [6, 6.07) is -0.0669. The maximum absolute atomic E-state index is 11.6. The smallest absolute Gasteiger partial charge is 0.247 e. The van der Waals surface area contributed by atoms with E-state index in [-0.39, 0.29) is 17.5 Å². The minimum Gasteiger partial charge on any atom is -0.369 e. The first-order valence-corrected chi connectivity index (χ1v) is 9.06. The normalized spacial score (nSPS) is 20.7. The molecule has 118 valence electrons. The molecule has 2 rings (SSSR count). The van der Waals surface area contributed by atoms with Gasteiger partial charge < -0.3 is 10.2 Å². The molecule has 21 heavy (non-hydrogen) atoms. The minimum atomic E-state index is -2.92. The number of hydrogen-bond acceptors (Lipinski definition) is 7. The molecule has 2 heterocycles. The summed E-state index contributed by atoms with van der Waals surface area (Å²) in [5.41, 5.74) is 0. The molecule has 0 spiro atoms. The van der Waals surface area contributed by atoms with E-state index in [1.165, 1.54) is 0 Å². The van der Waals surface area contributed by atoms with Crippen molar-refractivity contribution in [1.82, 2.24) is 15.2 Å². The van der Waals surface area contributed by atoms with Gasteiger partial charge in [-0.05, 0) is 18.8 Å². The fourth-order valence-corrected chi connectivity index (χ4v) is 4.04. The van der Waals surface area contributed by atoms with Gasteiger partial charge in [-0.2, -0.15) is 10.1 Å². The van der Waals surface area contributed by atoms with Gasteiger partial charge in [0.05, 0.1) is 17.7 Å². The second-order valence-electron chi connectivity index (χ2n) is 5.92. The molecular weight excluding hydrogens is 290 g/mol. The van der Waals surface area contributed by atoms with Crippen molar-refractivity contribution in [3.63, 3.8) is 0 Å². The summed E-state index contributed by atoms with van der Waals surface area (Å²) in [6.07, 6.45) is 3.26. The molecule has 0 amide bonds. The molecule has 0 aromatic carbocycles.